The molecule has 0 saturated carbocycles. The number of hydrogen-bond acceptors (Lipinski definition) is 4. The molecule has 1 aliphatic heterocycles. The van der Waals surface area contributed by atoms with Gasteiger partial charge in [0, 0.05) is 13.6 Å². The Morgan fingerprint density at radius 3 is 3.00 bits per heavy atom. The van der Waals surface area contributed by atoms with Crippen LogP contribution >= 0.6 is 11.3 Å². The molecule has 1 saturated heterocycles. The zero-order chi connectivity index (χ0) is 15.4. The minimum atomic E-state index is -0.358. The van der Waals surface area contributed by atoms with Crippen molar-refractivity contribution in [3.63, 3.8) is 0 Å². The Kier molecular flexibility index (Phi) is 4.99. The van der Waals surface area contributed by atoms with Crippen LogP contribution in [-0.2, 0) is 4.79 Å². The van der Waals surface area contributed by atoms with E-state index in [1.165, 1.54) is 11.3 Å². The van der Waals surface area contributed by atoms with E-state index in [2.05, 4.69) is 17.2 Å². The van der Waals surface area contributed by atoms with Crippen LogP contribution in [0.15, 0.2) is 6.07 Å². The number of amides is 2. The number of thiophene rings is 1. The highest BCUT2D eigenvalue weighted by Gasteiger charge is 2.34. The van der Waals surface area contributed by atoms with Crippen LogP contribution in [-0.4, -0.2) is 42.9 Å². The van der Waals surface area contributed by atoms with Crippen LogP contribution in [0.5, 0.6) is 0 Å². The molecule has 0 aliphatic carbocycles. The molecule has 3 N–H and O–H groups in total. The maximum Gasteiger partial charge on any atom is 0.264 e. The molecule has 1 aromatic heterocycles. The molecular weight excluding hydrogens is 286 g/mol. The van der Waals surface area contributed by atoms with E-state index in [1.807, 2.05) is 13.0 Å². The maximum atomic E-state index is 12.6. The fourth-order valence-corrected chi connectivity index (χ4v) is 3.44. The van der Waals surface area contributed by atoms with Crippen molar-refractivity contribution in [3.8, 4) is 11.8 Å². The van der Waals surface area contributed by atoms with E-state index in [4.69, 9.17) is 5.73 Å². The summed E-state index contributed by atoms with van der Waals surface area (Å²) in [5.41, 5.74) is 6.34. The van der Waals surface area contributed by atoms with E-state index in [0.717, 1.165) is 23.3 Å². The van der Waals surface area contributed by atoms with Gasteiger partial charge in [0.25, 0.3) is 5.91 Å². The summed E-state index contributed by atoms with van der Waals surface area (Å²) in [4.78, 5) is 27.6. The number of rotatable bonds is 2. The molecule has 2 amide bonds. The summed E-state index contributed by atoms with van der Waals surface area (Å²) >= 11 is 1.36. The quantitative estimate of drug-likeness (QED) is 0.791. The van der Waals surface area contributed by atoms with Gasteiger partial charge >= 0.3 is 0 Å². The van der Waals surface area contributed by atoms with Crippen molar-refractivity contribution in [2.75, 3.05) is 20.1 Å². The van der Waals surface area contributed by atoms with Crippen LogP contribution < -0.4 is 11.1 Å². The molecule has 2 heterocycles. The lowest BCUT2D eigenvalue weighted by Gasteiger charge is -2.22. The van der Waals surface area contributed by atoms with Crippen molar-refractivity contribution >= 4 is 23.2 Å². The first kappa shape index (κ1) is 15.5. The van der Waals surface area contributed by atoms with E-state index < -0.39 is 0 Å². The van der Waals surface area contributed by atoms with Crippen LogP contribution in [0.4, 0.5) is 0 Å². The van der Waals surface area contributed by atoms with Gasteiger partial charge in [0.2, 0.25) is 5.91 Å². The molecule has 2 rings (SSSR count). The van der Waals surface area contributed by atoms with Gasteiger partial charge in [-0.1, -0.05) is 11.8 Å². The van der Waals surface area contributed by atoms with Gasteiger partial charge in [0.05, 0.1) is 16.3 Å². The van der Waals surface area contributed by atoms with Crippen LogP contribution in [0.2, 0.25) is 0 Å². The molecule has 1 aromatic rings. The first-order valence-electron chi connectivity index (χ1n) is 6.90. The second-order valence-electron chi connectivity index (χ2n) is 4.90. The van der Waals surface area contributed by atoms with E-state index in [-0.39, 0.29) is 17.9 Å². The number of hydrogen-bond donors (Lipinski definition) is 2. The standard InChI is InChI=1S/C15H19N3O2S/c1-10-9-13(21-12(10)6-3-7-16)15(20)18-8-4-5-11(18)14(19)17-2/h9,11H,4-5,7-8,16H2,1-2H3,(H,17,19). The Morgan fingerprint density at radius 2 is 2.33 bits per heavy atom. The van der Waals surface area contributed by atoms with Crippen LogP contribution in [0.1, 0.15) is 33.0 Å². The summed E-state index contributed by atoms with van der Waals surface area (Å²) in [5, 5.41) is 2.62. The maximum absolute atomic E-state index is 12.6. The molecule has 0 bridgehead atoms. The van der Waals surface area contributed by atoms with Gasteiger partial charge in [-0.2, -0.15) is 0 Å². The van der Waals surface area contributed by atoms with E-state index in [0.29, 0.717) is 18.0 Å². The number of nitrogens with two attached hydrogens (primary N) is 1. The lowest BCUT2D eigenvalue weighted by molar-refractivity contribution is -0.124. The summed E-state index contributed by atoms with van der Waals surface area (Å²) in [6.45, 7) is 2.84. The fourth-order valence-electron chi connectivity index (χ4n) is 2.43. The second-order valence-corrected chi connectivity index (χ2v) is 5.95. The average Bonchev–Trinajstić information content (AvgIpc) is 3.10. The van der Waals surface area contributed by atoms with Gasteiger partial charge < -0.3 is 16.0 Å². The molecule has 1 atom stereocenters. The van der Waals surface area contributed by atoms with Gasteiger partial charge in [0.15, 0.2) is 0 Å². The predicted octanol–water partition coefficient (Wildman–Crippen LogP) is 0.717. The van der Waals surface area contributed by atoms with Crippen LogP contribution in [0.25, 0.3) is 0 Å². The summed E-state index contributed by atoms with van der Waals surface area (Å²) < 4.78 is 0. The largest absolute Gasteiger partial charge is 0.357 e. The third-order valence-electron chi connectivity index (χ3n) is 3.50. The van der Waals surface area contributed by atoms with Crippen molar-refractivity contribution in [2.24, 2.45) is 5.73 Å². The zero-order valence-corrected chi connectivity index (χ0v) is 13.0. The normalized spacial score (nSPS) is 17.3. The first-order valence-corrected chi connectivity index (χ1v) is 7.72. The Bertz CT molecular complexity index is 612. The van der Waals surface area contributed by atoms with Gasteiger partial charge in [-0.15, -0.1) is 11.3 Å². The number of carbonyl (C=O) groups excluding carboxylic acids is 2. The van der Waals surface area contributed by atoms with Gasteiger partial charge in [-0.3, -0.25) is 9.59 Å². The summed E-state index contributed by atoms with van der Waals surface area (Å²) in [6.07, 6.45) is 1.57. The third-order valence-corrected chi connectivity index (χ3v) is 4.64. The predicted molar refractivity (Wildman–Crippen MR) is 83.1 cm³/mol. The molecular formula is C15H19N3O2S. The van der Waals surface area contributed by atoms with E-state index in [1.54, 1.807) is 11.9 Å². The number of nitrogens with zero attached hydrogens (tertiary/aromatic N) is 1. The van der Waals surface area contributed by atoms with Crippen molar-refractivity contribution in [1.29, 1.82) is 0 Å². The number of aryl methyl sites for hydroxylation is 1. The molecule has 1 aliphatic rings. The highest BCUT2D eigenvalue weighted by molar-refractivity contribution is 7.14. The molecule has 0 radical (unpaired) electrons. The number of carbonyl (C=O) groups is 2. The van der Waals surface area contributed by atoms with Gasteiger partial charge in [-0.05, 0) is 31.4 Å². The molecule has 112 valence electrons. The Balaban J connectivity index is 2.22. The molecule has 0 aromatic carbocycles. The smallest absolute Gasteiger partial charge is 0.264 e. The number of nitrogens with one attached hydrogen (secondary N) is 1. The minimum absolute atomic E-state index is 0.0880. The Morgan fingerprint density at radius 1 is 1.57 bits per heavy atom. The molecule has 0 spiro atoms. The SMILES string of the molecule is CNC(=O)C1CCCN1C(=O)c1cc(C)c(C#CCN)s1. The van der Waals surface area contributed by atoms with Crippen LogP contribution in [0.3, 0.4) is 0 Å². The van der Waals surface area contributed by atoms with Gasteiger partial charge in [-0.25, -0.2) is 0 Å². The summed E-state index contributed by atoms with van der Waals surface area (Å²) in [6, 6.07) is 1.48. The fraction of sp³-hybridized carbons (Fsp3) is 0.467. The van der Waals surface area contributed by atoms with E-state index >= 15 is 0 Å². The second kappa shape index (κ2) is 6.74. The zero-order valence-electron chi connectivity index (χ0n) is 12.2. The monoisotopic (exact) mass is 305 g/mol. The topological polar surface area (TPSA) is 75.4 Å². The average molecular weight is 305 g/mol. The van der Waals surface area contributed by atoms with Crippen molar-refractivity contribution < 1.29 is 9.59 Å². The van der Waals surface area contributed by atoms with Gasteiger partial charge in [0.1, 0.15) is 6.04 Å². The van der Waals surface area contributed by atoms with Crippen LogP contribution in [0, 0.1) is 18.8 Å². The Hall–Kier alpha value is -1.84. The third kappa shape index (κ3) is 3.26. The molecule has 1 unspecified atom stereocenters. The van der Waals surface area contributed by atoms with Crippen molar-refractivity contribution in [1.82, 2.24) is 10.2 Å². The Labute approximate surface area is 128 Å². The molecule has 5 nitrogen and oxygen atoms in total. The highest BCUT2D eigenvalue weighted by atomic mass is 32.1. The molecule has 21 heavy (non-hydrogen) atoms. The minimum Gasteiger partial charge on any atom is -0.357 e. The lowest BCUT2D eigenvalue weighted by Crippen LogP contribution is -2.44. The van der Waals surface area contributed by atoms with E-state index in [9.17, 15) is 9.59 Å². The number of likely N-dealkylation sites (tertiary alicyclic amines) is 1. The highest BCUT2D eigenvalue weighted by Crippen LogP contribution is 2.26. The molecule has 6 heteroatoms. The van der Waals surface area contributed by atoms with Crippen molar-refractivity contribution in [2.45, 2.75) is 25.8 Å². The van der Waals surface area contributed by atoms with Crippen molar-refractivity contribution in [3.05, 3.63) is 21.4 Å². The molecule has 1 fully saturated rings. The number of likely N-dealkylation sites (N-methyl/N-ethyl adjacent to an activating group) is 1. The summed E-state index contributed by atoms with van der Waals surface area (Å²) in [5.74, 6) is 5.59. The first-order chi connectivity index (χ1) is 10.1. The summed E-state index contributed by atoms with van der Waals surface area (Å²) in [7, 11) is 1.60. The lowest BCUT2D eigenvalue weighted by atomic mass is 10.2.